The first-order valence-electron chi connectivity index (χ1n) is 17.0. The van der Waals surface area contributed by atoms with Crippen LogP contribution in [0.5, 0.6) is 0 Å². The fourth-order valence-corrected chi connectivity index (χ4v) is 8.38. The lowest BCUT2D eigenvalue weighted by Gasteiger charge is -2.23. The third kappa shape index (κ3) is 4.07. The molecule has 2 nitrogen and oxygen atoms in total. The van der Waals surface area contributed by atoms with Crippen LogP contribution in [0.25, 0.3) is 88.0 Å². The molecule has 0 aliphatic heterocycles. The molecule has 0 atom stereocenters. The highest BCUT2D eigenvalue weighted by atomic mass is 14.8. The van der Waals surface area contributed by atoms with Gasteiger partial charge in [0, 0.05) is 27.9 Å². The Morgan fingerprint density at radius 2 is 1.10 bits per heavy atom. The van der Waals surface area contributed by atoms with Gasteiger partial charge in [-0.05, 0) is 84.3 Å². The lowest BCUT2D eigenvalue weighted by atomic mass is 9.80. The van der Waals surface area contributed by atoms with Crippen LogP contribution in [0.1, 0.15) is 25.0 Å². The molecule has 2 heteroatoms. The molecule has 230 valence electrons. The van der Waals surface area contributed by atoms with Gasteiger partial charge in [0.25, 0.3) is 0 Å². The molecule has 0 amide bonds. The van der Waals surface area contributed by atoms with Crippen molar-refractivity contribution < 1.29 is 0 Å². The molecule has 7 aromatic carbocycles. The molecule has 2 aromatic heterocycles. The van der Waals surface area contributed by atoms with Gasteiger partial charge in [0.2, 0.25) is 0 Å². The van der Waals surface area contributed by atoms with Crippen molar-refractivity contribution in [3.05, 3.63) is 169 Å². The zero-order valence-electron chi connectivity index (χ0n) is 27.4. The Bertz CT molecular complexity index is 2790. The third-order valence-electron chi connectivity index (χ3n) is 10.7. The molecule has 2 heterocycles. The SMILES string of the molecule is CC1(C)c2ccccc2-c2c(-c3c4ccccc4c(-c4ccc5ccc6cccnc6c5n4)c4ccc(-c5ccccc5)cc34)cccc21. The van der Waals surface area contributed by atoms with E-state index in [9.17, 15) is 0 Å². The van der Waals surface area contributed by atoms with Gasteiger partial charge in [0.05, 0.1) is 16.7 Å². The number of pyridine rings is 2. The van der Waals surface area contributed by atoms with E-state index in [1.807, 2.05) is 12.3 Å². The molecular formula is C47H32N2. The Labute approximate surface area is 285 Å². The number of hydrogen-bond donors (Lipinski definition) is 0. The minimum absolute atomic E-state index is 0.0888. The van der Waals surface area contributed by atoms with Crippen LogP contribution in [0.4, 0.5) is 0 Å². The molecule has 1 aliphatic rings. The molecule has 0 saturated carbocycles. The smallest absolute Gasteiger partial charge is 0.0972 e. The summed E-state index contributed by atoms with van der Waals surface area (Å²) in [5.41, 5.74) is 14.2. The van der Waals surface area contributed by atoms with E-state index in [0.29, 0.717) is 0 Å². The Morgan fingerprint density at radius 3 is 1.96 bits per heavy atom. The quantitative estimate of drug-likeness (QED) is 0.144. The van der Waals surface area contributed by atoms with Crippen molar-refractivity contribution in [2.24, 2.45) is 0 Å². The van der Waals surface area contributed by atoms with Crippen LogP contribution in [-0.2, 0) is 5.41 Å². The maximum atomic E-state index is 5.40. The first-order chi connectivity index (χ1) is 24.1. The van der Waals surface area contributed by atoms with Crippen LogP contribution in [0, 0.1) is 0 Å². The van der Waals surface area contributed by atoms with E-state index in [2.05, 4.69) is 159 Å². The minimum Gasteiger partial charge on any atom is -0.254 e. The zero-order valence-corrected chi connectivity index (χ0v) is 27.4. The Kier molecular flexibility index (Phi) is 5.95. The number of hydrogen-bond acceptors (Lipinski definition) is 2. The van der Waals surface area contributed by atoms with E-state index in [-0.39, 0.29) is 5.41 Å². The number of aromatic nitrogens is 2. The van der Waals surface area contributed by atoms with Crippen molar-refractivity contribution in [3.8, 4) is 44.6 Å². The van der Waals surface area contributed by atoms with Gasteiger partial charge in [-0.15, -0.1) is 0 Å². The van der Waals surface area contributed by atoms with Crippen molar-refractivity contribution in [1.82, 2.24) is 9.97 Å². The van der Waals surface area contributed by atoms with Crippen LogP contribution in [0.2, 0.25) is 0 Å². The van der Waals surface area contributed by atoms with Gasteiger partial charge in [-0.3, -0.25) is 4.98 Å². The topological polar surface area (TPSA) is 25.8 Å². The van der Waals surface area contributed by atoms with Crippen LogP contribution in [0.3, 0.4) is 0 Å². The van der Waals surface area contributed by atoms with Crippen molar-refractivity contribution in [1.29, 1.82) is 0 Å². The monoisotopic (exact) mass is 624 g/mol. The molecule has 0 radical (unpaired) electrons. The summed E-state index contributed by atoms with van der Waals surface area (Å²) in [6, 6.07) is 55.2. The number of fused-ring (bicyclic) bond motifs is 8. The summed E-state index contributed by atoms with van der Waals surface area (Å²) in [5, 5.41) is 7.02. The second-order valence-electron chi connectivity index (χ2n) is 13.7. The molecule has 0 N–H and O–H groups in total. The van der Waals surface area contributed by atoms with Gasteiger partial charge in [0.15, 0.2) is 0 Å². The second kappa shape index (κ2) is 10.4. The predicted octanol–water partition coefficient (Wildman–Crippen LogP) is 12.4. The average Bonchev–Trinajstić information content (AvgIpc) is 3.40. The van der Waals surface area contributed by atoms with Gasteiger partial charge in [0.1, 0.15) is 0 Å². The Morgan fingerprint density at radius 1 is 0.429 bits per heavy atom. The molecule has 0 fully saturated rings. The molecule has 1 aliphatic carbocycles. The second-order valence-corrected chi connectivity index (χ2v) is 13.7. The summed E-state index contributed by atoms with van der Waals surface area (Å²) in [5.74, 6) is 0. The first-order valence-corrected chi connectivity index (χ1v) is 17.0. The third-order valence-corrected chi connectivity index (χ3v) is 10.7. The summed E-state index contributed by atoms with van der Waals surface area (Å²) in [7, 11) is 0. The maximum absolute atomic E-state index is 5.40. The molecular weight excluding hydrogens is 593 g/mol. The number of benzene rings is 7. The Hall–Kier alpha value is -6.12. The van der Waals surface area contributed by atoms with Crippen LogP contribution < -0.4 is 0 Å². The fraction of sp³-hybridized carbons (Fsp3) is 0.0638. The summed E-state index contributed by atoms with van der Waals surface area (Å²) in [6.45, 7) is 4.72. The van der Waals surface area contributed by atoms with Crippen LogP contribution >= 0.6 is 0 Å². The number of nitrogens with zero attached hydrogens (tertiary/aromatic N) is 2. The van der Waals surface area contributed by atoms with Gasteiger partial charge in [-0.25, -0.2) is 4.98 Å². The molecule has 49 heavy (non-hydrogen) atoms. The molecule has 0 unspecified atom stereocenters. The van der Waals surface area contributed by atoms with Crippen LogP contribution in [-0.4, -0.2) is 9.97 Å². The standard InChI is InChI=1S/C47H32N2/c1-47(2)39-19-9-8-17-36(39)43-37(18-10-20-40(43)47)42-33-15-6-7-16-34(33)44(35-25-23-32(28-38(35)42)29-12-4-3-5-13-29)41-26-24-31-22-21-30-14-11-27-48-45(30)46(31)49-41/h3-28H,1-2H3. The van der Waals surface area contributed by atoms with Gasteiger partial charge in [-0.1, -0.05) is 147 Å². The number of rotatable bonds is 3. The average molecular weight is 625 g/mol. The summed E-state index contributed by atoms with van der Waals surface area (Å²) in [4.78, 5) is 10.2. The van der Waals surface area contributed by atoms with Crippen molar-refractivity contribution >= 4 is 43.4 Å². The van der Waals surface area contributed by atoms with Gasteiger partial charge in [-0.2, -0.15) is 0 Å². The van der Waals surface area contributed by atoms with E-state index in [0.717, 1.165) is 33.1 Å². The lowest BCUT2D eigenvalue weighted by Crippen LogP contribution is -2.14. The Balaban J connectivity index is 1.36. The summed E-state index contributed by atoms with van der Waals surface area (Å²) < 4.78 is 0. The summed E-state index contributed by atoms with van der Waals surface area (Å²) >= 11 is 0. The van der Waals surface area contributed by atoms with Gasteiger partial charge < -0.3 is 0 Å². The molecule has 10 rings (SSSR count). The molecule has 0 saturated heterocycles. The first kappa shape index (κ1) is 27.9. The molecule has 0 spiro atoms. The molecule has 0 bridgehead atoms. The minimum atomic E-state index is -0.0888. The lowest BCUT2D eigenvalue weighted by molar-refractivity contribution is 0.660. The van der Waals surface area contributed by atoms with Crippen molar-refractivity contribution in [3.63, 3.8) is 0 Å². The fourth-order valence-electron chi connectivity index (χ4n) is 8.38. The summed E-state index contributed by atoms with van der Waals surface area (Å²) in [6.07, 6.45) is 1.86. The highest BCUT2D eigenvalue weighted by Crippen LogP contribution is 2.54. The van der Waals surface area contributed by atoms with E-state index in [1.165, 1.54) is 66.1 Å². The zero-order chi connectivity index (χ0) is 32.7. The maximum Gasteiger partial charge on any atom is 0.0972 e. The highest BCUT2D eigenvalue weighted by molar-refractivity contribution is 6.23. The van der Waals surface area contributed by atoms with Gasteiger partial charge >= 0.3 is 0 Å². The van der Waals surface area contributed by atoms with Crippen molar-refractivity contribution in [2.75, 3.05) is 0 Å². The molecule has 9 aromatic rings. The van der Waals surface area contributed by atoms with Crippen LogP contribution in [0.15, 0.2) is 158 Å². The van der Waals surface area contributed by atoms with E-state index >= 15 is 0 Å². The predicted molar refractivity (Wildman–Crippen MR) is 206 cm³/mol. The van der Waals surface area contributed by atoms with E-state index in [1.54, 1.807) is 0 Å². The normalized spacial score (nSPS) is 13.3. The van der Waals surface area contributed by atoms with Crippen molar-refractivity contribution in [2.45, 2.75) is 19.3 Å². The van der Waals surface area contributed by atoms with E-state index in [4.69, 9.17) is 9.97 Å². The van der Waals surface area contributed by atoms with E-state index < -0.39 is 0 Å². The highest BCUT2D eigenvalue weighted by Gasteiger charge is 2.37. The largest absolute Gasteiger partial charge is 0.254 e.